The molecule has 0 saturated carbocycles. The number of amides is 1. The van der Waals surface area contributed by atoms with Gasteiger partial charge in [0.2, 0.25) is 5.13 Å². The van der Waals surface area contributed by atoms with Gasteiger partial charge in [0.1, 0.15) is 5.75 Å². The zero-order chi connectivity index (χ0) is 21.7. The number of carbonyl (C=O) groups is 2. The van der Waals surface area contributed by atoms with Crippen molar-refractivity contribution in [3.63, 3.8) is 0 Å². The van der Waals surface area contributed by atoms with E-state index in [1.54, 1.807) is 24.3 Å². The molecule has 1 aromatic heterocycles. The van der Waals surface area contributed by atoms with Crippen LogP contribution >= 0.6 is 23.1 Å². The number of halogens is 3. The zero-order valence-corrected chi connectivity index (χ0v) is 17.0. The second kappa shape index (κ2) is 9.26. The van der Waals surface area contributed by atoms with Crippen molar-refractivity contribution >= 4 is 39.9 Å². The van der Waals surface area contributed by atoms with Gasteiger partial charge in [-0.15, -0.1) is 10.2 Å². The molecular weight excluding hydrogens is 439 g/mol. The number of rotatable bonds is 7. The summed E-state index contributed by atoms with van der Waals surface area (Å²) in [5, 5.41) is 10.4. The fraction of sp³-hybridized carbons (Fsp3) is 0.158. The highest BCUT2D eigenvalue weighted by molar-refractivity contribution is 8.01. The minimum absolute atomic E-state index is 0.0575. The van der Waals surface area contributed by atoms with E-state index in [1.807, 2.05) is 0 Å². The molecule has 1 heterocycles. The number of ketones is 1. The molecule has 0 fully saturated rings. The number of ether oxygens (including phenoxy) is 1. The van der Waals surface area contributed by atoms with Crippen LogP contribution in [0.25, 0.3) is 0 Å². The van der Waals surface area contributed by atoms with Crippen LogP contribution in [0.2, 0.25) is 0 Å². The molecule has 3 rings (SSSR count). The van der Waals surface area contributed by atoms with Crippen LogP contribution in [0, 0.1) is 0 Å². The first-order valence-electron chi connectivity index (χ1n) is 8.38. The fourth-order valence-electron chi connectivity index (χ4n) is 2.29. The number of anilines is 1. The van der Waals surface area contributed by atoms with Gasteiger partial charge in [-0.25, -0.2) is 0 Å². The smallest absolute Gasteiger partial charge is 0.416 e. The normalized spacial score (nSPS) is 11.2. The molecule has 0 aliphatic heterocycles. The number of hydrogen-bond donors (Lipinski definition) is 1. The van der Waals surface area contributed by atoms with Crippen LogP contribution in [0.5, 0.6) is 5.75 Å². The van der Waals surface area contributed by atoms with Crippen LogP contribution in [0.3, 0.4) is 0 Å². The molecular formula is C19H14F3N3O3S2. The fourth-order valence-corrected chi connectivity index (χ4v) is 3.93. The number of benzene rings is 2. The minimum Gasteiger partial charge on any atom is -0.497 e. The maximum Gasteiger partial charge on any atom is 0.416 e. The SMILES string of the molecule is COc1ccc(C(=O)CSc2nnc(NC(=O)c3ccc(C(F)(F)F)cc3)s2)cc1. The van der Waals surface area contributed by atoms with Gasteiger partial charge in [0, 0.05) is 11.1 Å². The summed E-state index contributed by atoms with van der Waals surface area (Å²) in [7, 11) is 1.54. The summed E-state index contributed by atoms with van der Waals surface area (Å²) in [5.74, 6) is 0.0732. The second-order valence-electron chi connectivity index (χ2n) is 5.84. The van der Waals surface area contributed by atoms with Gasteiger partial charge in [-0.05, 0) is 48.5 Å². The van der Waals surface area contributed by atoms with Crippen LogP contribution < -0.4 is 10.1 Å². The van der Waals surface area contributed by atoms with Gasteiger partial charge in [0.15, 0.2) is 10.1 Å². The first-order chi connectivity index (χ1) is 14.3. The van der Waals surface area contributed by atoms with Crippen molar-refractivity contribution in [3.8, 4) is 5.75 Å². The Hall–Kier alpha value is -2.92. The summed E-state index contributed by atoms with van der Waals surface area (Å²) in [4.78, 5) is 24.4. The number of hydrogen-bond acceptors (Lipinski definition) is 7. The number of Topliss-reactive ketones (excluding diaryl/α,β-unsaturated/α-hetero) is 1. The third kappa shape index (κ3) is 5.57. The number of aromatic nitrogens is 2. The zero-order valence-electron chi connectivity index (χ0n) is 15.4. The Labute approximate surface area is 177 Å². The molecule has 0 bridgehead atoms. The lowest BCUT2D eigenvalue weighted by Crippen LogP contribution is -2.12. The van der Waals surface area contributed by atoms with Crippen molar-refractivity contribution in [2.75, 3.05) is 18.2 Å². The van der Waals surface area contributed by atoms with Crippen molar-refractivity contribution in [2.24, 2.45) is 0 Å². The Morgan fingerprint density at radius 3 is 2.27 bits per heavy atom. The second-order valence-corrected chi connectivity index (χ2v) is 8.04. The first-order valence-corrected chi connectivity index (χ1v) is 10.2. The Kier molecular flexibility index (Phi) is 6.73. The first kappa shape index (κ1) is 21.8. The van der Waals surface area contributed by atoms with Gasteiger partial charge >= 0.3 is 6.18 Å². The maximum atomic E-state index is 12.6. The van der Waals surface area contributed by atoms with Crippen LogP contribution in [0.15, 0.2) is 52.9 Å². The van der Waals surface area contributed by atoms with Crippen molar-refractivity contribution in [3.05, 3.63) is 65.2 Å². The van der Waals surface area contributed by atoms with Gasteiger partial charge in [0.25, 0.3) is 5.91 Å². The van der Waals surface area contributed by atoms with Gasteiger partial charge in [-0.2, -0.15) is 13.2 Å². The van der Waals surface area contributed by atoms with Gasteiger partial charge in [0.05, 0.1) is 18.4 Å². The Balaban J connectivity index is 1.55. The molecule has 2 aromatic carbocycles. The molecule has 3 aromatic rings. The highest BCUT2D eigenvalue weighted by atomic mass is 32.2. The van der Waals surface area contributed by atoms with E-state index < -0.39 is 17.6 Å². The van der Waals surface area contributed by atoms with E-state index in [4.69, 9.17) is 4.74 Å². The van der Waals surface area contributed by atoms with E-state index in [2.05, 4.69) is 15.5 Å². The standard InChI is InChI=1S/C19H14F3N3O3S2/c1-28-14-8-4-11(5-9-14)15(26)10-29-18-25-24-17(30-18)23-16(27)12-2-6-13(7-3-12)19(20,21)22/h2-9H,10H2,1H3,(H,23,24,27). The highest BCUT2D eigenvalue weighted by Crippen LogP contribution is 2.30. The third-order valence-electron chi connectivity index (χ3n) is 3.84. The predicted octanol–water partition coefficient (Wildman–Crippen LogP) is 4.79. The molecule has 11 heteroatoms. The monoisotopic (exact) mass is 453 g/mol. The van der Waals surface area contributed by atoms with Crippen LogP contribution in [0.4, 0.5) is 18.3 Å². The minimum atomic E-state index is -4.47. The quantitative estimate of drug-likeness (QED) is 0.315. The average molecular weight is 453 g/mol. The molecule has 0 aliphatic rings. The Morgan fingerprint density at radius 1 is 1.03 bits per heavy atom. The van der Waals surface area contributed by atoms with Gasteiger partial charge in [-0.1, -0.05) is 23.1 Å². The van der Waals surface area contributed by atoms with E-state index in [0.717, 1.165) is 35.6 Å². The number of carbonyl (C=O) groups excluding carboxylic acids is 2. The summed E-state index contributed by atoms with van der Waals surface area (Å²) >= 11 is 2.23. The molecule has 0 atom stereocenters. The van der Waals surface area contributed by atoms with E-state index >= 15 is 0 Å². The molecule has 1 N–H and O–H groups in total. The number of methoxy groups -OCH3 is 1. The van der Waals surface area contributed by atoms with Crippen molar-refractivity contribution < 1.29 is 27.5 Å². The highest BCUT2D eigenvalue weighted by Gasteiger charge is 2.30. The molecule has 156 valence electrons. The Morgan fingerprint density at radius 2 is 1.67 bits per heavy atom. The summed E-state index contributed by atoms with van der Waals surface area (Å²) in [6.07, 6.45) is -4.47. The predicted molar refractivity (Wildman–Crippen MR) is 107 cm³/mol. The number of nitrogens with zero attached hydrogens (tertiary/aromatic N) is 2. The van der Waals surface area contributed by atoms with E-state index in [9.17, 15) is 22.8 Å². The largest absolute Gasteiger partial charge is 0.497 e. The number of thioether (sulfide) groups is 1. The summed E-state index contributed by atoms with van der Waals surface area (Å²) < 4.78 is 43.3. The molecule has 0 radical (unpaired) electrons. The van der Waals surface area contributed by atoms with Crippen molar-refractivity contribution in [1.29, 1.82) is 0 Å². The number of alkyl halides is 3. The van der Waals surface area contributed by atoms with Crippen LogP contribution in [-0.2, 0) is 6.18 Å². The lowest BCUT2D eigenvalue weighted by molar-refractivity contribution is -0.137. The van der Waals surface area contributed by atoms with Gasteiger partial charge < -0.3 is 4.74 Å². The molecule has 0 saturated heterocycles. The van der Waals surface area contributed by atoms with E-state index in [1.165, 1.54) is 18.9 Å². The third-order valence-corrected chi connectivity index (χ3v) is 5.81. The molecule has 0 unspecified atom stereocenters. The van der Waals surface area contributed by atoms with Gasteiger partial charge in [-0.3, -0.25) is 14.9 Å². The molecule has 0 spiro atoms. The van der Waals surface area contributed by atoms with Crippen molar-refractivity contribution in [1.82, 2.24) is 10.2 Å². The molecule has 1 amide bonds. The van der Waals surface area contributed by atoms with Crippen LogP contribution in [0.1, 0.15) is 26.3 Å². The Bertz CT molecular complexity index is 1040. The maximum absolute atomic E-state index is 12.6. The van der Waals surface area contributed by atoms with Crippen LogP contribution in [-0.4, -0.2) is 34.8 Å². The molecule has 0 aliphatic carbocycles. The van der Waals surface area contributed by atoms with E-state index in [0.29, 0.717) is 15.7 Å². The average Bonchev–Trinajstić information content (AvgIpc) is 3.18. The lowest BCUT2D eigenvalue weighted by atomic mass is 10.1. The summed E-state index contributed by atoms with van der Waals surface area (Å²) in [6.45, 7) is 0. The summed E-state index contributed by atoms with van der Waals surface area (Å²) in [6, 6.07) is 10.6. The topological polar surface area (TPSA) is 81.2 Å². The summed E-state index contributed by atoms with van der Waals surface area (Å²) in [5.41, 5.74) is -0.249. The molecule has 30 heavy (non-hydrogen) atoms. The van der Waals surface area contributed by atoms with E-state index in [-0.39, 0.29) is 22.2 Å². The number of nitrogens with one attached hydrogen (secondary N) is 1. The lowest BCUT2D eigenvalue weighted by Gasteiger charge is -2.07. The molecule has 6 nitrogen and oxygen atoms in total. The van der Waals surface area contributed by atoms with Crippen molar-refractivity contribution in [2.45, 2.75) is 10.5 Å².